The van der Waals surface area contributed by atoms with Crippen LogP contribution in [0.2, 0.25) is 0 Å². The molecule has 0 heterocycles. The van der Waals surface area contributed by atoms with Gasteiger partial charge in [0.15, 0.2) is 0 Å². The van der Waals surface area contributed by atoms with E-state index in [1.807, 2.05) is 51.1 Å². The SMILES string of the molecule is CC[C@@H](C)NC(=O)[C@@H](C)N(CCc1ccccc1)C(=O)CN(c1cccc(OC)c1)S(=O)(=O)c1ccc(C)cc1. The van der Waals surface area contributed by atoms with Gasteiger partial charge in [-0.25, -0.2) is 8.42 Å². The molecular weight excluding hydrogens is 526 g/mol. The lowest BCUT2D eigenvalue weighted by atomic mass is 10.1. The maximum Gasteiger partial charge on any atom is 0.264 e. The van der Waals surface area contributed by atoms with E-state index in [-0.39, 0.29) is 29.1 Å². The zero-order valence-corrected chi connectivity index (χ0v) is 24.6. The van der Waals surface area contributed by atoms with Crippen molar-refractivity contribution in [2.45, 2.75) is 57.5 Å². The van der Waals surface area contributed by atoms with Gasteiger partial charge in [-0.15, -0.1) is 0 Å². The van der Waals surface area contributed by atoms with E-state index in [4.69, 9.17) is 4.74 Å². The summed E-state index contributed by atoms with van der Waals surface area (Å²) in [5.74, 6) is -0.317. The number of sulfonamides is 1. The quantitative estimate of drug-likeness (QED) is 0.328. The number of nitrogens with one attached hydrogen (secondary N) is 1. The molecule has 2 atom stereocenters. The van der Waals surface area contributed by atoms with Crippen LogP contribution in [-0.4, -0.2) is 57.4 Å². The Bertz CT molecular complexity index is 1380. The minimum atomic E-state index is -4.13. The summed E-state index contributed by atoms with van der Waals surface area (Å²) in [6.45, 7) is 7.17. The summed E-state index contributed by atoms with van der Waals surface area (Å²) in [5.41, 5.74) is 2.20. The van der Waals surface area contributed by atoms with Gasteiger partial charge >= 0.3 is 0 Å². The summed E-state index contributed by atoms with van der Waals surface area (Å²) in [5, 5.41) is 2.94. The molecule has 0 radical (unpaired) electrons. The molecule has 1 N–H and O–H groups in total. The third-order valence-corrected chi connectivity index (χ3v) is 8.67. The summed E-state index contributed by atoms with van der Waals surface area (Å²) in [7, 11) is -2.64. The van der Waals surface area contributed by atoms with Gasteiger partial charge in [0.05, 0.1) is 17.7 Å². The predicted molar refractivity (Wildman–Crippen MR) is 158 cm³/mol. The second-order valence-corrected chi connectivity index (χ2v) is 11.7. The first-order chi connectivity index (χ1) is 19.1. The van der Waals surface area contributed by atoms with Crippen molar-refractivity contribution in [3.05, 3.63) is 90.0 Å². The number of anilines is 1. The Morgan fingerprint density at radius 3 is 2.25 bits per heavy atom. The molecule has 0 fully saturated rings. The second-order valence-electron chi connectivity index (χ2n) is 9.84. The van der Waals surface area contributed by atoms with Gasteiger partial charge in [0.25, 0.3) is 10.0 Å². The molecule has 9 heteroatoms. The molecule has 3 aromatic carbocycles. The number of amides is 2. The van der Waals surface area contributed by atoms with Crippen LogP contribution in [0.1, 0.15) is 38.3 Å². The maximum absolute atomic E-state index is 13.9. The first-order valence-corrected chi connectivity index (χ1v) is 14.9. The molecule has 0 saturated heterocycles. The smallest absolute Gasteiger partial charge is 0.264 e. The largest absolute Gasteiger partial charge is 0.497 e. The van der Waals surface area contributed by atoms with Crippen molar-refractivity contribution in [2.24, 2.45) is 0 Å². The number of hydrogen-bond donors (Lipinski definition) is 1. The fraction of sp³-hybridized carbons (Fsp3) is 0.355. The molecule has 0 aromatic heterocycles. The number of nitrogens with zero attached hydrogens (tertiary/aromatic N) is 2. The van der Waals surface area contributed by atoms with Gasteiger partial charge in [0.2, 0.25) is 11.8 Å². The van der Waals surface area contributed by atoms with E-state index >= 15 is 0 Å². The minimum absolute atomic E-state index is 0.0591. The predicted octanol–water partition coefficient (Wildman–Crippen LogP) is 4.57. The van der Waals surface area contributed by atoms with Crippen molar-refractivity contribution >= 4 is 27.5 Å². The first-order valence-electron chi connectivity index (χ1n) is 13.4. The molecule has 40 heavy (non-hydrogen) atoms. The van der Waals surface area contributed by atoms with Gasteiger partial charge in [-0.05, 0) is 63.4 Å². The van der Waals surface area contributed by atoms with Crippen molar-refractivity contribution < 1.29 is 22.7 Å². The fourth-order valence-electron chi connectivity index (χ4n) is 4.17. The normalized spacial score (nSPS) is 12.7. The van der Waals surface area contributed by atoms with Crippen LogP contribution in [0.4, 0.5) is 5.69 Å². The van der Waals surface area contributed by atoms with Crippen LogP contribution in [0.15, 0.2) is 83.8 Å². The number of benzene rings is 3. The number of methoxy groups -OCH3 is 1. The zero-order valence-electron chi connectivity index (χ0n) is 23.8. The zero-order chi connectivity index (χ0) is 29.3. The van der Waals surface area contributed by atoms with Gasteiger partial charge in [0, 0.05) is 18.7 Å². The van der Waals surface area contributed by atoms with Crippen molar-refractivity contribution in [1.82, 2.24) is 10.2 Å². The van der Waals surface area contributed by atoms with Crippen LogP contribution >= 0.6 is 0 Å². The standard InChI is InChI=1S/C31H39N3O5S/c1-6-24(3)32-31(36)25(4)33(20-19-26-11-8-7-9-12-26)30(35)22-34(27-13-10-14-28(21-27)39-5)40(37,38)29-17-15-23(2)16-18-29/h7-18,21,24-25H,6,19-20,22H2,1-5H3,(H,32,36)/t24-,25-/m1/s1. The lowest BCUT2D eigenvalue weighted by Gasteiger charge is -2.32. The molecule has 214 valence electrons. The van der Waals surface area contributed by atoms with Gasteiger partial charge < -0.3 is 15.0 Å². The molecule has 0 saturated carbocycles. The summed E-state index contributed by atoms with van der Waals surface area (Å²) in [6.07, 6.45) is 1.26. The van der Waals surface area contributed by atoms with E-state index in [2.05, 4.69) is 5.32 Å². The van der Waals surface area contributed by atoms with Crippen molar-refractivity contribution in [1.29, 1.82) is 0 Å². The number of aryl methyl sites for hydroxylation is 1. The van der Waals surface area contributed by atoms with Crippen LogP contribution in [0.3, 0.4) is 0 Å². The van der Waals surface area contributed by atoms with E-state index < -0.39 is 28.5 Å². The van der Waals surface area contributed by atoms with Crippen molar-refractivity contribution in [3.63, 3.8) is 0 Å². The highest BCUT2D eigenvalue weighted by Crippen LogP contribution is 2.27. The molecule has 0 unspecified atom stereocenters. The Hall–Kier alpha value is -3.85. The highest BCUT2D eigenvalue weighted by atomic mass is 32.2. The molecule has 8 nitrogen and oxygen atoms in total. The van der Waals surface area contributed by atoms with E-state index in [1.54, 1.807) is 43.3 Å². The summed E-state index contributed by atoms with van der Waals surface area (Å²) >= 11 is 0. The minimum Gasteiger partial charge on any atom is -0.497 e. The molecule has 3 rings (SSSR count). The van der Waals surface area contributed by atoms with Crippen LogP contribution in [0.5, 0.6) is 5.75 Å². The second kappa shape index (κ2) is 14.0. The maximum atomic E-state index is 13.9. The van der Waals surface area contributed by atoms with Crippen molar-refractivity contribution in [2.75, 3.05) is 24.5 Å². The lowest BCUT2D eigenvalue weighted by Crippen LogP contribution is -2.53. The van der Waals surface area contributed by atoms with Crippen LogP contribution in [0, 0.1) is 6.92 Å². The Morgan fingerprint density at radius 1 is 0.950 bits per heavy atom. The Labute approximate surface area is 238 Å². The van der Waals surface area contributed by atoms with Gasteiger partial charge in [-0.1, -0.05) is 61.0 Å². The molecule has 0 bridgehead atoms. The van der Waals surface area contributed by atoms with Crippen LogP contribution in [0.25, 0.3) is 0 Å². The molecule has 0 aliphatic rings. The molecule has 0 aliphatic heterocycles. The van der Waals surface area contributed by atoms with E-state index in [9.17, 15) is 18.0 Å². The number of ether oxygens (including phenoxy) is 1. The number of rotatable bonds is 13. The van der Waals surface area contributed by atoms with E-state index in [0.717, 1.165) is 21.9 Å². The number of carbonyl (C=O) groups is 2. The summed E-state index contributed by atoms with van der Waals surface area (Å²) in [4.78, 5) is 28.6. The van der Waals surface area contributed by atoms with Gasteiger partial charge in [-0.3, -0.25) is 13.9 Å². The number of hydrogen-bond acceptors (Lipinski definition) is 5. The lowest BCUT2D eigenvalue weighted by molar-refractivity contribution is -0.139. The van der Waals surface area contributed by atoms with E-state index in [0.29, 0.717) is 12.2 Å². The van der Waals surface area contributed by atoms with Crippen LogP contribution in [-0.2, 0) is 26.0 Å². The average Bonchev–Trinajstić information content (AvgIpc) is 2.96. The van der Waals surface area contributed by atoms with Crippen molar-refractivity contribution in [3.8, 4) is 5.75 Å². The third-order valence-electron chi connectivity index (χ3n) is 6.88. The average molecular weight is 566 g/mol. The Morgan fingerprint density at radius 2 is 1.62 bits per heavy atom. The topological polar surface area (TPSA) is 96.0 Å². The molecule has 0 aliphatic carbocycles. The third kappa shape index (κ3) is 7.85. The van der Waals surface area contributed by atoms with Gasteiger partial charge in [0.1, 0.15) is 18.3 Å². The Kier molecular flexibility index (Phi) is 10.7. The highest BCUT2D eigenvalue weighted by molar-refractivity contribution is 7.92. The fourth-order valence-corrected chi connectivity index (χ4v) is 5.57. The first kappa shape index (κ1) is 30.7. The molecule has 3 aromatic rings. The number of carbonyl (C=O) groups excluding carboxylic acids is 2. The molecular formula is C31H39N3O5S. The Balaban J connectivity index is 1.99. The van der Waals surface area contributed by atoms with Crippen LogP contribution < -0.4 is 14.4 Å². The highest BCUT2D eigenvalue weighted by Gasteiger charge is 2.32. The van der Waals surface area contributed by atoms with Gasteiger partial charge in [-0.2, -0.15) is 0 Å². The molecule has 0 spiro atoms. The van der Waals surface area contributed by atoms with E-state index in [1.165, 1.54) is 24.1 Å². The molecule has 2 amide bonds. The monoisotopic (exact) mass is 565 g/mol. The summed E-state index contributed by atoms with van der Waals surface area (Å²) < 4.78 is 34.2. The summed E-state index contributed by atoms with van der Waals surface area (Å²) in [6, 6.07) is 21.8.